The first-order chi connectivity index (χ1) is 7.21. The SMILES string of the molecule is CCc1ccc(CC(N)OC)cc1OC. The first kappa shape index (κ1) is 12.0. The summed E-state index contributed by atoms with van der Waals surface area (Å²) in [7, 11) is 3.30. The van der Waals surface area contributed by atoms with Crippen LogP contribution in [0.15, 0.2) is 18.2 Å². The second-order valence-electron chi connectivity index (χ2n) is 3.48. The summed E-state index contributed by atoms with van der Waals surface area (Å²) >= 11 is 0. The molecular weight excluding hydrogens is 190 g/mol. The molecule has 0 aliphatic rings. The van der Waals surface area contributed by atoms with Crippen molar-refractivity contribution in [2.45, 2.75) is 26.0 Å². The van der Waals surface area contributed by atoms with Gasteiger partial charge in [0.25, 0.3) is 0 Å². The number of methoxy groups -OCH3 is 2. The Bertz CT molecular complexity index is 312. The fourth-order valence-electron chi connectivity index (χ4n) is 1.52. The van der Waals surface area contributed by atoms with Crippen molar-refractivity contribution in [1.82, 2.24) is 0 Å². The molecule has 1 rings (SSSR count). The van der Waals surface area contributed by atoms with E-state index in [1.165, 1.54) is 5.56 Å². The first-order valence-corrected chi connectivity index (χ1v) is 5.15. The minimum Gasteiger partial charge on any atom is -0.496 e. The minimum atomic E-state index is -0.248. The summed E-state index contributed by atoms with van der Waals surface area (Å²) in [4.78, 5) is 0. The molecule has 1 atom stereocenters. The van der Waals surface area contributed by atoms with E-state index in [1.807, 2.05) is 6.07 Å². The highest BCUT2D eigenvalue weighted by atomic mass is 16.5. The molecule has 0 spiro atoms. The van der Waals surface area contributed by atoms with Gasteiger partial charge in [-0.15, -0.1) is 0 Å². The summed E-state index contributed by atoms with van der Waals surface area (Å²) in [6.45, 7) is 2.11. The lowest BCUT2D eigenvalue weighted by Crippen LogP contribution is -2.24. The maximum atomic E-state index is 5.70. The highest BCUT2D eigenvalue weighted by Crippen LogP contribution is 2.21. The van der Waals surface area contributed by atoms with Crippen LogP contribution in [-0.4, -0.2) is 20.4 Å². The van der Waals surface area contributed by atoms with Gasteiger partial charge in [0, 0.05) is 13.5 Å². The van der Waals surface area contributed by atoms with Crippen LogP contribution in [0.2, 0.25) is 0 Å². The van der Waals surface area contributed by atoms with Crippen LogP contribution in [-0.2, 0) is 17.6 Å². The molecule has 0 amide bonds. The zero-order valence-electron chi connectivity index (χ0n) is 9.62. The fourth-order valence-corrected chi connectivity index (χ4v) is 1.52. The average Bonchev–Trinajstić information content (AvgIpc) is 2.28. The highest BCUT2D eigenvalue weighted by Gasteiger charge is 2.06. The van der Waals surface area contributed by atoms with Crippen molar-refractivity contribution < 1.29 is 9.47 Å². The number of nitrogens with two attached hydrogens (primary N) is 1. The maximum absolute atomic E-state index is 5.70. The third-order valence-corrected chi connectivity index (χ3v) is 2.47. The van der Waals surface area contributed by atoms with Crippen LogP contribution in [0.1, 0.15) is 18.1 Å². The van der Waals surface area contributed by atoms with Crippen LogP contribution < -0.4 is 10.5 Å². The van der Waals surface area contributed by atoms with Crippen LogP contribution in [0.25, 0.3) is 0 Å². The van der Waals surface area contributed by atoms with Gasteiger partial charge in [0.2, 0.25) is 0 Å². The largest absolute Gasteiger partial charge is 0.496 e. The lowest BCUT2D eigenvalue weighted by Gasteiger charge is -2.12. The molecule has 15 heavy (non-hydrogen) atoms. The van der Waals surface area contributed by atoms with Crippen LogP contribution in [0.3, 0.4) is 0 Å². The molecule has 0 bridgehead atoms. The van der Waals surface area contributed by atoms with Gasteiger partial charge in [-0.25, -0.2) is 0 Å². The van der Waals surface area contributed by atoms with Gasteiger partial charge in [0.15, 0.2) is 0 Å². The van der Waals surface area contributed by atoms with Crippen molar-refractivity contribution in [3.8, 4) is 5.75 Å². The van der Waals surface area contributed by atoms with Gasteiger partial charge < -0.3 is 15.2 Å². The number of rotatable bonds is 5. The number of ether oxygens (including phenoxy) is 2. The smallest absolute Gasteiger partial charge is 0.122 e. The summed E-state index contributed by atoms with van der Waals surface area (Å²) < 4.78 is 10.3. The number of hydrogen-bond acceptors (Lipinski definition) is 3. The molecule has 0 heterocycles. The summed E-state index contributed by atoms with van der Waals surface area (Å²) in [6.07, 6.45) is 1.43. The predicted molar refractivity (Wildman–Crippen MR) is 61.1 cm³/mol. The molecular formula is C12H19NO2. The van der Waals surface area contributed by atoms with E-state index < -0.39 is 0 Å². The van der Waals surface area contributed by atoms with E-state index in [-0.39, 0.29) is 6.23 Å². The van der Waals surface area contributed by atoms with Gasteiger partial charge in [0.05, 0.1) is 7.11 Å². The molecule has 1 aromatic rings. The van der Waals surface area contributed by atoms with E-state index in [0.717, 1.165) is 17.7 Å². The normalized spacial score (nSPS) is 12.5. The zero-order chi connectivity index (χ0) is 11.3. The Morgan fingerprint density at radius 3 is 2.60 bits per heavy atom. The fraction of sp³-hybridized carbons (Fsp3) is 0.500. The van der Waals surface area contributed by atoms with E-state index in [1.54, 1.807) is 14.2 Å². The molecule has 0 saturated carbocycles. The van der Waals surface area contributed by atoms with Gasteiger partial charge in [-0.2, -0.15) is 0 Å². The second-order valence-corrected chi connectivity index (χ2v) is 3.48. The topological polar surface area (TPSA) is 44.5 Å². The van der Waals surface area contributed by atoms with Gasteiger partial charge in [-0.1, -0.05) is 19.1 Å². The lowest BCUT2D eigenvalue weighted by atomic mass is 10.1. The van der Waals surface area contributed by atoms with Gasteiger partial charge in [-0.05, 0) is 23.6 Å². The summed E-state index contributed by atoms with van der Waals surface area (Å²) in [5, 5.41) is 0. The molecule has 0 aliphatic heterocycles. The van der Waals surface area contributed by atoms with Crippen molar-refractivity contribution in [1.29, 1.82) is 0 Å². The Balaban J connectivity index is 2.83. The molecule has 0 radical (unpaired) electrons. The maximum Gasteiger partial charge on any atom is 0.122 e. The molecule has 0 saturated heterocycles. The van der Waals surface area contributed by atoms with E-state index in [9.17, 15) is 0 Å². The summed E-state index contributed by atoms with van der Waals surface area (Å²) in [6, 6.07) is 6.18. The summed E-state index contributed by atoms with van der Waals surface area (Å²) in [5.41, 5.74) is 8.06. The lowest BCUT2D eigenvalue weighted by molar-refractivity contribution is 0.109. The van der Waals surface area contributed by atoms with Crippen molar-refractivity contribution in [3.05, 3.63) is 29.3 Å². The molecule has 2 N–H and O–H groups in total. The van der Waals surface area contributed by atoms with Crippen LogP contribution in [0, 0.1) is 0 Å². The first-order valence-electron chi connectivity index (χ1n) is 5.15. The van der Waals surface area contributed by atoms with Crippen molar-refractivity contribution in [2.24, 2.45) is 5.73 Å². The molecule has 3 nitrogen and oxygen atoms in total. The Hall–Kier alpha value is -1.06. The van der Waals surface area contributed by atoms with E-state index in [0.29, 0.717) is 6.42 Å². The molecule has 0 fully saturated rings. The van der Waals surface area contributed by atoms with Crippen LogP contribution in [0.5, 0.6) is 5.75 Å². The second kappa shape index (κ2) is 5.73. The molecule has 1 aromatic carbocycles. The molecule has 3 heteroatoms. The Kier molecular flexibility index (Phi) is 4.59. The van der Waals surface area contributed by atoms with Gasteiger partial charge >= 0.3 is 0 Å². The minimum absolute atomic E-state index is 0.248. The third-order valence-electron chi connectivity index (χ3n) is 2.47. The zero-order valence-corrected chi connectivity index (χ0v) is 9.62. The number of hydrogen-bond donors (Lipinski definition) is 1. The third kappa shape index (κ3) is 3.22. The van der Waals surface area contributed by atoms with Crippen LogP contribution in [0.4, 0.5) is 0 Å². The van der Waals surface area contributed by atoms with Crippen molar-refractivity contribution in [2.75, 3.05) is 14.2 Å². The predicted octanol–water partition coefficient (Wildman–Crippen LogP) is 1.73. The average molecular weight is 209 g/mol. The number of benzene rings is 1. The number of aryl methyl sites for hydroxylation is 1. The Morgan fingerprint density at radius 1 is 1.33 bits per heavy atom. The highest BCUT2D eigenvalue weighted by molar-refractivity contribution is 5.37. The monoisotopic (exact) mass is 209 g/mol. The molecule has 84 valence electrons. The Labute approximate surface area is 91.2 Å². The van der Waals surface area contributed by atoms with E-state index >= 15 is 0 Å². The standard InChI is InChI=1S/C12H19NO2/c1-4-10-6-5-9(7-11(10)14-2)8-12(13)15-3/h5-7,12H,4,8,13H2,1-3H3. The van der Waals surface area contributed by atoms with Gasteiger partial charge in [0.1, 0.15) is 12.0 Å². The van der Waals surface area contributed by atoms with Crippen molar-refractivity contribution >= 4 is 0 Å². The van der Waals surface area contributed by atoms with E-state index in [2.05, 4.69) is 19.1 Å². The molecule has 1 unspecified atom stereocenters. The molecule has 0 aromatic heterocycles. The summed E-state index contributed by atoms with van der Waals surface area (Å²) in [5.74, 6) is 0.929. The van der Waals surface area contributed by atoms with Crippen molar-refractivity contribution in [3.63, 3.8) is 0 Å². The van der Waals surface area contributed by atoms with Crippen LogP contribution >= 0.6 is 0 Å². The quantitative estimate of drug-likeness (QED) is 0.751. The molecule has 0 aliphatic carbocycles. The van der Waals surface area contributed by atoms with Gasteiger partial charge in [-0.3, -0.25) is 0 Å². The van der Waals surface area contributed by atoms with E-state index in [4.69, 9.17) is 15.2 Å². The Morgan fingerprint density at radius 2 is 2.07 bits per heavy atom.